The summed E-state index contributed by atoms with van der Waals surface area (Å²) in [5.74, 6) is 1.83. The first-order valence-electron chi connectivity index (χ1n) is 16.2. The van der Waals surface area contributed by atoms with Gasteiger partial charge < -0.3 is 4.74 Å². The maximum Gasteiger partial charge on any atom is 0.135 e. The highest BCUT2D eigenvalue weighted by molar-refractivity contribution is 6.28. The third-order valence-electron chi connectivity index (χ3n) is 9.86. The molecule has 0 bridgehead atoms. The molecule has 0 radical (unpaired) electrons. The van der Waals surface area contributed by atoms with Crippen LogP contribution in [0.25, 0.3) is 87.6 Å². The molecule has 10 rings (SSSR count). The van der Waals surface area contributed by atoms with Crippen LogP contribution in [0.4, 0.5) is 0 Å². The van der Waals surface area contributed by atoms with E-state index in [4.69, 9.17) is 4.74 Å². The second kappa shape index (κ2) is 10.2. The Bertz CT molecular complexity index is 2680. The Morgan fingerprint density at radius 1 is 0.277 bits per heavy atom. The van der Waals surface area contributed by atoms with Gasteiger partial charge in [-0.1, -0.05) is 158 Å². The number of hydrogen-bond acceptors (Lipinski definition) is 1. The molecule has 9 aromatic carbocycles. The van der Waals surface area contributed by atoms with Gasteiger partial charge >= 0.3 is 0 Å². The Morgan fingerprint density at radius 3 is 1.77 bits per heavy atom. The molecule has 0 aliphatic carbocycles. The molecule has 9 aromatic rings. The smallest absolute Gasteiger partial charge is 0.135 e. The molecule has 0 N–H and O–H groups in total. The van der Waals surface area contributed by atoms with Gasteiger partial charge in [-0.15, -0.1) is 0 Å². The van der Waals surface area contributed by atoms with Crippen LogP contribution < -0.4 is 4.74 Å². The first-order valence-corrected chi connectivity index (χ1v) is 16.2. The topological polar surface area (TPSA) is 9.23 Å². The normalized spacial score (nSPS) is 12.0. The summed E-state index contributed by atoms with van der Waals surface area (Å²) in [7, 11) is 0. The van der Waals surface area contributed by atoms with Crippen molar-refractivity contribution in [3.8, 4) is 56.0 Å². The molecule has 47 heavy (non-hydrogen) atoms. The van der Waals surface area contributed by atoms with Crippen molar-refractivity contribution in [3.63, 3.8) is 0 Å². The molecule has 0 fully saturated rings. The summed E-state index contributed by atoms with van der Waals surface area (Å²) in [4.78, 5) is 0. The number of ether oxygens (including phenoxy) is 1. The van der Waals surface area contributed by atoms with E-state index < -0.39 is 0 Å². The SMILES string of the molecule is c1ccc(-c2c3ccccc3c(-c3ccc(-c4ccc5c6c(cccc46)-c4ccccc4O5)cc3)c3ccc4ccccc4c23)cc1. The van der Waals surface area contributed by atoms with Gasteiger partial charge in [-0.05, 0) is 88.8 Å². The van der Waals surface area contributed by atoms with E-state index >= 15 is 0 Å². The molecule has 1 aliphatic rings. The van der Waals surface area contributed by atoms with Gasteiger partial charge in [-0.3, -0.25) is 0 Å². The first kappa shape index (κ1) is 26.1. The largest absolute Gasteiger partial charge is 0.456 e. The van der Waals surface area contributed by atoms with Crippen LogP contribution in [0.2, 0.25) is 0 Å². The molecule has 0 amide bonds. The Kier molecular flexibility index (Phi) is 5.64. The molecule has 0 spiro atoms. The third-order valence-corrected chi connectivity index (χ3v) is 9.86. The molecule has 0 atom stereocenters. The summed E-state index contributed by atoms with van der Waals surface area (Å²) in [5.41, 5.74) is 9.78. The zero-order valence-electron chi connectivity index (χ0n) is 25.6. The average Bonchev–Trinajstić information content (AvgIpc) is 3.14. The van der Waals surface area contributed by atoms with Crippen LogP contribution in [-0.4, -0.2) is 0 Å². The Balaban J connectivity index is 1.20. The van der Waals surface area contributed by atoms with Gasteiger partial charge in [0.25, 0.3) is 0 Å². The lowest BCUT2D eigenvalue weighted by molar-refractivity contribution is 0.487. The fraction of sp³-hybridized carbons (Fsp3) is 0. The zero-order valence-corrected chi connectivity index (χ0v) is 25.6. The lowest BCUT2D eigenvalue weighted by atomic mass is 9.83. The van der Waals surface area contributed by atoms with Crippen molar-refractivity contribution < 1.29 is 4.74 Å². The molecular weight excluding hydrogens is 569 g/mol. The summed E-state index contributed by atoms with van der Waals surface area (Å²) in [5, 5.41) is 10.0. The van der Waals surface area contributed by atoms with Crippen molar-refractivity contribution in [2.45, 2.75) is 0 Å². The van der Waals surface area contributed by atoms with Crippen LogP contribution in [0.1, 0.15) is 0 Å². The lowest BCUT2D eigenvalue weighted by Crippen LogP contribution is -1.97. The van der Waals surface area contributed by atoms with Crippen molar-refractivity contribution in [2.75, 3.05) is 0 Å². The summed E-state index contributed by atoms with van der Waals surface area (Å²) >= 11 is 0. The average molecular weight is 597 g/mol. The summed E-state index contributed by atoms with van der Waals surface area (Å²) in [6.07, 6.45) is 0. The van der Waals surface area contributed by atoms with Crippen LogP contribution in [0.5, 0.6) is 11.5 Å². The van der Waals surface area contributed by atoms with Crippen LogP contribution in [0.3, 0.4) is 0 Å². The molecule has 1 heteroatoms. The van der Waals surface area contributed by atoms with Crippen molar-refractivity contribution in [1.82, 2.24) is 0 Å². The van der Waals surface area contributed by atoms with Gasteiger partial charge in [0.1, 0.15) is 11.5 Å². The van der Waals surface area contributed by atoms with Gasteiger partial charge in [0.15, 0.2) is 0 Å². The van der Waals surface area contributed by atoms with Gasteiger partial charge in [0.2, 0.25) is 0 Å². The van der Waals surface area contributed by atoms with E-state index in [1.807, 2.05) is 12.1 Å². The highest BCUT2D eigenvalue weighted by atomic mass is 16.5. The van der Waals surface area contributed by atoms with E-state index in [1.165, 1.54) is 82.0 Å². The van der Waals surface area contributed by atoms with Gasteiger partial charge in [0.05, 0.1) is 0 Å². The first-order chi connectivity index (χ1) is 23.3. The minimum Gasteiger partial charge on any atom is -0.456 e. The molecule has 1 heterocycles. The van der Waals surface area contributed by atoms with E-state index in [-0.39, 0.29) is 0 Å². The third kappa shape index (κ3) is 3.90. The number of rotatable bonds is 3. The van der Waals surface area contributed by atoms with E-state index in [9.17, 15) is 0 Å². The van der Waals surface area contributed by atoms with Gasteiger partial charge in [-0.25, -0.2) is 0 Å². The highest BCUT2D eigenvalue weighted by Gasteiger charge is 2.22. The van der Waals surface area contributed by atoms with Crippen molar-refractivity contribution >= 4 is 43.1 Å². The van der Waals surface area contributed by atoms with E-state index in [2.05, 4.69) is 158 Å². The second-order valence-corrected chi connectivity index (χ2v) is 12.4. The standard InChI is InChI=1S/C46H28O/c1-2-12-31(13-3-1)44-39-17-7-6-16-38(39)43(40-26-25-29-11-4-5-14-34(29)46(40)44)32-23-21-30(22-24-32)33-27-28-42-45-36(33)18-10-19-37(45)35-15-8-9-20-41(35)47-42/h1-28H. The molecule has 1 nitrogen and oxygen atoms in total. The minimum absolute atomic E-state index is 0.912. The summed E-state index contributed by atoms with van der Waals surface area (Å²) in [6, 6.07) is 61.5. The summed E-state index contributed by atoms with van der Waals surface area (Å²) < 4.78 is 6.37. The number of para-hydroxylation sites is 1. The monoisotopic (exact) mass is 596 g/mol. The maximum atomic E-state index is 6.37. The molecule has 0 aromatic heterocycles. The van der Waals surface area contributed by atoms with Gasteiger partial charge in [0, 0.05) is 10.9 Å². The highest BCUT2D eigenvalue weighted by Crippen LogP contribution is 2.49. The van der Waals surface area contributed by atoms with Crippen molar-refractivity contribution in [1.29, 1.82) is 0 Å². The molecule has 218 valence electrons. The molecule has 0 unspecified atom stereocenters. The predicted molar refractivity (Wildman–Crippen MR) is 198 cm³/mol. The van der Waals surface area contributed by atoms with E-state index in [0.29, 0.717) is 0 Å². The molecular formula is C46H28O. The quantitative estimate of drug-likeness (QED) is 0.146. The van der Waals surface area contributed by atoms with Gasteiger partial charge in [-0.2, -0.15) is 0 Å². The van der Waals surface area contributed by atoms with Crippen LogP contribution in [0.15, 0.2) is 170 Å². The van der Waals surface area contributed by atoms with Crippen LogP contribution in [0, 0.1) is 0 Å². The fourth-order valence-electron chi connectivity index (χ4n) is 7.81. The van der Waals surface area contributed by atoms with Crippen LogP contribution >= 0.6 is 0 Å². The summed E-state index contributed by atoms with van der Waals surface area (Å²) in [6.45, 7) is 0. The maximum absolute atomic E-state index is 6.37. The Hall–Kier alpha value is -6.18. The van der Waals surface area contributed by atoms with Crippen molar-refractivity contribution in [2.24, 2.45) is 0 Å². The second-order valence-electron chi connectivity index (χ2n) is 12.4. The predicted octanol–water partition coefficient (Wildman–Crippen LogP) is 13.1. The van der Waals surface area contributed by atoms with E-state index in [0.717, 1.165) is 17.1 Å². The van der Waals surface area contributed by atoms with Crippen LogP contribution in [-0.2, 0) is 0 Å². The Labute approximate surface area is 272 Å². The Morgan fingerprint density at radius 2 is 0.915 bits per heavy atom. The number of fused-ring (bicyclic) bond motifs is 6. The molecule has 1 aliphatic heterocycles. The molecule has 0 saturated heterocycles. The lowest BCUT2D eigenvalue weighted by Gasteiger charge is -2.22. The molecule has 0 saturated carbocycles. The minimum atomic E-state index is 0.912. The number of hydrogen-bond donors (Lipinski definition) is 0. The van der Waals surface area contributed by atoms with Crippen molar-refractivity contribution in [3.05, 3.63) is 170 Å². The van der Waals surface area contributed by atoms with E-state index in [1.54, 1.807) is 0 Å². The fourth-order valence-corrected chi connectivity index (χ4v) is 7.81. The zero-order chi connectivity index (χ0) is 30.9. The number of benzene rings is 9.